The maximum Gasteiger partial charge on any atom is 0.251 e. The third kappa shape index (κ3) is 4.39. The summed E-state index contributed by atoms with van der Waals surface area (Å²) in [6.07, 6.45) is 3.17. The Labute approximate surface area is 123 Å². The summed E-state index contributed by atoms with van der Waals surface area (Å²) < 4.78 is 0. The highest BCUT2D eigenvalue weighted by Gasteiger charge is 2.15. The first-order chi connectivity index (χ1) is 9.19. The number of pyridine rings is 1. The molecule has 1 amide bonds. The molecule has 1 N–H and O–H groups in total. The van der Waals surface area contributed by atoms with E-state index in [1.54, 1.807) is 6.07 Å². The molecule has 1 aromatic rings. The first-order valence-corrected chi connectivity index (χ1v) is 8.24. The normalized spacial score (nSPS) is 16.3. The van der Waals surface area contributed by atoms with Crippen LogP contribution in [0.25, 0.3) is 0 Å². The predicted octanol–water partition coefficient (Wildman–Crippen LogP) is 3.17. The number of hydrogen-bond donors (Lipinski definition) is 1. The molecule has 0 saturated carbocycles. The molecule has 1 aromatic heterocycles. The molecule has 0 atom stereocenters. The molecule has 0 aromatic carbocycles. The molecule has 3 nitrogen and oxygen atoms in total. The smallest absolute Gasteiger partial charge is 0.251 e. The van der Waals surface area contributed by atoms with Gasteiger partial charge in [0, 0.05) is 17.8 Å². The number of amides is 1. The fraction of sp³-hybridized carbons (Fsp3) is 0.571. The van der Waals surface area contributed by atoms with Crippen molar-refractivity contribution in [3.63, 3.8) is 0 Å². The number of thioether (sulfide) groups is 1. The Balaban J connectivity index is 1.93. The van der Waals surface area contributed by atoms with Gasteiger partial charge < -0.3 is 5.32 Å². The van der Waals surface area contributed by atoms with Gasteiger partial charge in [-0.25, -0.2) is 4.98 Å². The van der Waals surface area contributed by atoms with Crippen molar-refractivity contribution in [3.05, 3.63) is 28.5 Å². The summed E-state index contributed by atoms with van der Waals surface area (Å²) in [5.74, 6) is 2.99. The zero-order chi connectivity index (χ0) is 13.7. The standard InChI is InChI=1S/C14H19ClN2OS/c1-2-12-7-11(8-13(15)17-12)14(18)16-9-10-3-5-19-6-4-10/h7-8,10H,2-6,9H2,1H3,(H,16,18). The lowest BCUT2D eigenvalue weighted by Crippen LogP contribution is -2.31. The molecule has 5 heteroatoms. The van der Waals surface area contributed by atoms with E-state index >= 15 is 0 Å². The maximum absolute atomic E-state index is 12.1. The Kier molecular flexibility index (Phi) is 5.52. The third-order valence-corrected chi connectivity index (χ3v) is 4.61. The van der Waals surface area contributed by atoms with Gasteiger partial charge in [-0.05, 0) is 48.8 Å². The fourth-order valence-corrected chi connectivity index (χ4v) is 3.58. The van der Waals surface area contributed by atoms with Gasteiger partial charge in [0.1, 0.15) is 5.15 Å². The number of nitrogens with one attached hydrogen (secondary N) is 1. The van der Waals surface area contributed by atoms with Crippen LogP contribution in [0.15, 0.2) is 12.1 Å². The quantitative estimate of drug-likeness (QED) is 0.868. The van der Waals surface area contributed by atoms with Gasteiger partial charge >= 0.3 is 0 Å². The van der Waals surface area contributed by atoms with Crippen molar-refractivity contribution in [1.82, 2.24) is 10.3 Å². The Morgan fingerprint density at radius 1 is 1.47 bits per heavy atom. The lowest BCUT2D eigenvalue weighted by atomic mass is 10.0. The van der Waals surface area contributed by atoms with Crippen LogP contribution in [0.3, 0.4) is 0 Å². The van der Waals surface area contributed by atoms with Gasteiger partial charge in [0.15, 0.2) is 0 Å². The predicted molar refractivity (Wildman–Crippen MR) is 81.0 cm³/mol. The van der Waals surface area contributed by atoms with E-state index in [9.17, 15) is 4.79 Å². The molecule has 0 radical (unpaired) electrons. The minimum Gasteiger partial charge on any atom is -0.352 e. The van der Waals surface area contributed by atoms with Crippen LogP contribution >= 0.6 is 23.4 Å². The van der Waals surface area contributed by atoms with Crippen LogP contribution in [-0.2, 0) is 6.42 Å². The van der Waals surface area contributed by atoms with Crippen molar-refractivity contribution >= 4 is 29.3 Å². The van der Waals surface area contributed by atoms with E-state index in [1.165, 1.54) is 24.3 Å². The minimum atomic E-state index is -0.0442. The molecule has 104 valence electrons. The molecule has 0 aliphatic carbocycles. The van der Waals surface area contributed by atoms with Crippen LogP contribution < -0.4 is 5.32 Å². The lowest BCUT2D eigenvalue weighted by molar-refractivity contribution is 0.0946. The summed E-state index contributed by atoms with van der Waals surface area (Å²) in [6, 6.07) is 3.45. The molecule has 0 bridgehead atoms. The molecule has 2 heterocycles. The Morgan fingerprint density at radius 3 is 2.89 bits per heavy atom. The van der Waals surface area contributed by atoms with Crippen LogP contribution in [0, 0.1) is 5.92 Å². The van der Waals surface area contributed by atoms with E-state index in [0.29, 0.717) is 16.6 Å². The zero-order valence-corrected chi connectivity index (χ0v) is 12.7. The molecule has 0 unspecified atom stereocenters. The number of hydrogen-bond acceptors (Lipinski definition) is 3. The summed E-state index contributed by atoms with van der Waals surface area (Å²) in [7, 11) is 0. The molecule has 1 fully saturated rings. The fourth-order valence-electron chi connectivity index (χ4n) is 2.15. The van der Waals surface area contributed by atoms with Gasteiger partial charge in [-0.15, -0.1) is 0 Å². The van der Waals surface area contributed by atoms with Crippen molar-refractivity contribution in [3.8, 4) is 0 Å². The number of rotatable bonds is 4. The summed E-state index contributed by atoms with van der Waals surface area (Å²) in [4.78, 5) is 16.3. The van der Waals surface area contributed by atoms with Gasteiger partial charge in [0.2, 0.25) is 0 Å². The molecule has 2 rings (SSSR count). The van der Waals surface area contributed by atoms with E-state index in [1.807, 2.05) is 24.8 Å². The van der Waals surface area contributed by atoms with Crippen LogP contribution in [0.5, 0.6) is 0 Å². The second-order valence-corrected chi connectivity index (χ2v) is 6.40. The van der Waals surface area contributed by atoms with Crippen molar-refractivity contribution in [2.24, 2.45) is 5.92 Å². The summed E-state index contributed by atoms with van der Waals surface area (Å²) >= 11 is 7.93. The molecule has 0 spiro atoms. The average Bonchev–Trinajstić information content (AvgIpc) is 2.45. The van der Waals surface area contributed by atoms with Crippen LogP contribution in [0.1, 0.15) is 35.8 Å². The minimum absolute atomic E-state index is 0.0442. The van der Waals surface area contributed by atoms with Gasteiger partial charge in [0.25, 0.3) is 5.91 Å². The van der Waals surface area contributed by atoms with E-state index in [-0.39, 0.29) is 5.91 Å². The van der Waals surface area contributed by atoms with Gasteiger partial charge in [0.05, 0.1) is 0 Å². The number of carbonyl (C=O) groups excluding carboxylic acids is 1. The van der Waals surface area contributed by atoms with Crippen LogP contribution in [0.2, 0.25) is 5.15 Å². The maximum atomic E-state index is 12.1. The second kappa shape index (κ2) is 7.15. The molecule has 1 aliphatic heterocycles. The molecule has 19 heavy (non-hydrogen) atoms. The van der Waals surface area contributed by atoms with E-state index in [4.69, 9.17) is 11.6 Å². The van der Waals surface area contributed by atoms with E-state index < -0.39 is 0 Å². The third-order valence-electron chi connectivity index (χ3n) is 3.36. The SMILES string of the molecule is CCc1cc(C(=O)NCC2CCSCC2)cc(Cl)n1. The molecule has 1 saturated heterocycles. The Hall–Kier alpha value is -0.740. The zero-order valence-electron chi connectivity index (χ0n) is 11.1. The number of halogens is 1. The highest BCUT2D eigenvalue weighted by atomic mass is 35.5. The van der Waals surface area contributed by atoms with Crippen LogP contribution in [0.4, 0.5) is 0 Å². The van der Waals surface area contributed by atoms with Crippen molar-refractivity contribution in [1.29, 1.82) is 0 Å². The number of aromatic nitrogens is 1. The van der Waals surface area contributed by atoms with Crippen LogP contribution in [-0.4, -0.2) is 28.9 Å². The van der Waals surface area contributed by atoms with E-state index in [2.05, 4.69) is 10.3 Å². The molecular formula is C14H19ClN2OS. The van der Waals surface area contributed by atoms with Crippen molar-refractivity contribution in [2.45, 2.75) is 26.2 Å². The Bertz CT molecular complexity index is 447. The number of nitrogens with zero attached hydrogens (tertiary/aromatic N) is 1. The summed E-state index contributed by atoms with van der Waals surface area (Å²) in [5.41, 5.74) is 1.47. The largest absolute Gasteiger partial charge is 0.352 e. The monoisotopic (exact) mass is 298 g/mol. The lowest BCUT2D eigenvalue weighted by Gasteiger charge is -2.21. The van der Waals surface area contributed by atoms with Gasteiger partial charge in [-0.2, -0.15) is 11.8 Å². The summed E-state index contributed by atoms with van der Waals surface area (Å²) in [5, 5.41) is 3.40. The molecule has 1 aliphatic rings. The molecular weight excluding hydrogens is 280 g/mol. The number of aryl methyl sites for hydroxylation is 1. The van der Waals surface area contributed by atoms with E-state index in [0.717, 1.165) is 18.7 Å². The van der Waals surface area contributed by atoms with Gasteiger partial charge in [-0.1, -0.05) is 18.5 Å². The first-order valence-electron chi connectivity index (χ1n) is 6.71. The highest BCUT2D eigenvalue weighted by molar-refractivity contribution is 7.99. The summed E-state index contributed by atoms with van der Waals surface area (Å²) in [6.45, 7) is 2.76. The van der Waals surface area contributed by atoms with Gasteiger partial charge in [-0.3, -0.25) is 4.79 Å². The van der Waals surface area contributed by atoms with Crippen molar-refractivity contribution in [2.75, 3.05) is 18.1 Å². The first kappa shape index (κ1) is 14.7. The topological polar surface area (TPSA) is 42.0 Å². The Morgan fingerprint density at radius 2 is 2.21 bits per heavy atom. The second-order valence-electron chi connectivity index (χ2n) is 4.79. The average molecular weight is 299 g/mol. The number of carbonyl (C=O) groups is 1. The van der Waals surface area contributed by atoms with Crippen molar-refractivity contribution < 1.29 is 4.79 Å². The highest BCUT2D eigenvalue weighted by Crippen LogP contribution is 2.22.